The standard InChI is InChI=1S/C16H32BFN3O3P/c1-6-19-15-13(24-16(17)14(15)18)10-23-25(20-8-7-9-22)21(11(2)3)12(4)5/h9,11-16,19-20H,6-8,10H2,1-5H3/t13-,14+,15?,16-,25?/m1/s1/i1T. The van der Waals surface area contributed by atoms with Crippen LogP contribution in [0.15, 0.2) is 0 Å². The molecule has 0 aromatic heterocycles. The number of carbonyl (C=O) groups excluding carboxylic acids is 1. The lowest BCUT2D eigenvalue weighted by Crippen LogP contribution is -2.45. The number of ether oxygens (including phenoxy) is 1. The Kier molecular flexibility index (Phi) is 9.81. The monoisotopic (exact) mass is 377 g/mol. The summed E-state index contributed by atoms with van der Waals surface area (Å²) in [6.07, 6.45) is -0.596. The fraction of sp³-hybridized carbons (Fsp3) is 0.938. The first-order chi connectivity index (χ1) is 12.3. The summed E-state index contributed by atoms with van der Waals surface area (Å²) in [5.74, 6) is 0. The van der Waals surface area contributed by atoms with Gasteiger partial charge in [-0.1, -0.05) is 6.90 Å². The van der Waals surface area contributed by atoms with Crippen molar-refractivity contribution in [2.24, 2.45) is 0 Å². The summed E-state index contributed by atoms with van der Waals surface area (Å²) in [5.41, 5.74) is 0. The molecule has 25 heavy (non-hydrogen) atoms. The van der Waals surface area contributed by atoms with E-state index in [4.69, 9.17) is 18.5 Å². The van der Waals surface area contributed by atoms with Crippen molar-refractivity contribution < 1.29 is 19.8 Å². The highest BCUT2D eigenvalue weighted by molar-refractivity contribution is 7.47. The van der Waals surface area contributed by atoms with E-state index in [9.17, 15) is 9.18 Å². The highest BCUT2D eigenvalue weighted by atomic mass is 31.2. The molecule has 1 rings (SSSR count). The first kappa shape index (κ1) is 21.2. The molecule has 144 valence electrons. The van der Waals surface area contributed by atoms with Crippen molar-refractivity contribution in [3.05, 3.63) is 0 Å². The molecule has 0 spiro atoms. The number of rotatable bonds is 12. The average molecular weight is 377 g/mol. The lowest BCUT2D eigenvalue weighted by atomic mass is 9.93. The summed E-state index contributed by atoms with van der Waals surface area (Å²) >= 11 is 0. The number of nitrogens with one attached hydrogen (secondary N) is 2. The lowest BCUT2D eigenvalue weighted by molar-refractivity contribution is -0.107. The maximum absolute atomic E-state index is 14.3. The summed E-state index contributed by atoms with van der Waals surface area (Å²) in [6, 6.07) is -1.10. The molecule has 1 heterocycles. The van der Waals surface area contributed by atoms with Crippen molar-refractivity contribution in [3.63, 3.8) is 0 Å². The Labute approximate surface area is 155 Å². The predicted molar refractivity (Wildman–Crippen MR) is 100 cm³/mol. The fourth-order valence-electron chi connectivity index (χ4n) is 2.90. The molecule has 1 fully saturated rings. The van der Waals surface area contributed by atoms with Gasteiger partial charge < -0.3 is 19.4 Å². The van der Waals surface area contributed by atoms with Gasteiger partial charge in [0.1, 0.15) is 20.3 Å². The zero-order valence-corrected chi connectivity index (χ0v) is 16.5. The van der Waals surface area contributed by atoms with Crippen LogP contribution in [-0.4, -0.2) is 74.9 Å². The molecular weight excluding hydrogens is 343 g/mol. The first-order valence-electron chi connectivity index (χ1n) is 9.50. The molecule has 1 aliphatic rings. The second-order valence-corrected chi connectivity index (χ2v) is 8.15. The van der Waals surface area contributed by atoms with E-state index in [0.717, 1.165) is 6.29 Å². The van der Waals surface area contributed by atoms with E-state index < -0.39 is 32.8 Å². The van der Waals surface area contributed by atoms with Gasteiger partial charge in [-0.3, -0.25) is 5.09 Å². The van der Waals surface area contributed by atoms with E-state index in [2.05, 4.69) is 42.8 Å². The third-order valence-corrected chi connectivity index (χ3v) is 6.14. The number of hydrogen-bond donors (Lipinski definition) is 2. The molecule has 0 aromatic rings. The van der Waals surface area contributed by atoms with Crippen molar-refractivity contribution in [1.29, 1.82) is 0 Å². The Morgan fingerprint density at radius 1 is 1.44 bits per heavy atom. The van der Waals surface area contributed by atoms with Gasteiger partial charge in [-0.25, -0.2) is 9.06 Å². The van der Waals surface area contributed by atoms with Gasteiger partial charge in [0, 0.05) is 32.4 Å². The van der Waals surface area contributed by atoms with E-state index in [1.54, 1.807) is 0 Å². The van der Waals surface area contributed by atoms with Crippen LogP contribution >= 0.6 is 8.45 Å². The average Bonchev–Trinajstić information content (AvgIpc) is 2.84. The zero-order chi connectivity index (χ0) is 19.7. The summed E-state index contributed by atoms with van der Waals surface area (Å²) in [4.78, 5) is 10.6. The number of halogens is 1. The van der Waals surface area contributed by atoms with Crippen LogP contribution in [0.2, 0.25) is 0 Å². The van der Waals surface area contributed by atoms with Crippen LogP contribution in [0.3, 0.4) is 0 Å². The van der Waals surface area contributed by atoms with Crippen LogP contribution in [0.4, 0.5) is 4.39 Å². The number of hydrogen-bond acceptors (Lipinski definition) is 6. The van der Waals surface area contributed by atoms with Crippen molar-refractivity contribution in [3.8, 4) is 0 Å². The van der Waals surface area contributed by atoms with Crippen LogP contribution in [0.5, 0.6) is 0 Å². The van der Waals surface area contributed by atoms with Gasteiger partial charge in [-0.2, -0.15) is 0 Å². The van der Waals surface area contributed by atoms with Crippen LogP contribution in [-0.2, 0) is 14.1 Å². The maximum atomic E-state index is 14.3. The smallest absolute Gasteiger partial charge is 0.185 e. The minimum atomic E-state index is -1.34. The molecule has 9 heteroatoms. The predicted octanol–water partition coefficient (Wildman–Crippen LogP) is 1.74. The molecule has 6 nitrogen and oxygen atoms in total. The highest BCUT2D eigenvalue weighted by Crippen LogP contribution is 2.41. The normalized spacial score (nSPS) is 28.7. The maximum Gasteiger partial charge on any atom is 0.185 e. The topological polar surface area (TPSA) is 62.8 Å². The summed E-state index contributed by atoms with van der Waals surface area (Å²) < 4.78 is 35.3. The fourth-order valence-corrected chi connectivity index (χ4v) is 4.73. The summed E-state index contributed by atoms with van der Waals surface area (Å²) in [7, 11) is 4.52. The van der Waals surface area contributed by atoms with Gasteiger partial charge >= 0.3 is 0 Å². The molecule has 5 atom stereocenters. The highest BCUT2D eigenvalue weighted by Gasteiger charge is 2.42. The molecule has 0 aliphatic carbocycles. The van der Waals surface area contributed by atoms with E-state index >= 15 is 0 Å². The second-order valence-electron chi connectivity index (χ2n) is 6.56. The SMILES string of the molecule is [3H]CCNC1[C@@H](COP(NCCC=O)N(C(C)C)C(C)C)O[C@@H]([B])[C@H]1F. The first-order valence-corrected chi connectivity index (χ1v) is 10.0. The Bertz CT molecular complexity index is 407. The van der Waals surface area contributed by atoms with Crippen molar-refractivity contribution >= 4 is 22.6 Å². The van der Waals surface area contributed by atoms with E-state index in [1.165, 1.54) is 0 Å². The molecule has 1 aliphatic heterocycles. The molecule has 0 aromatic carbocycles. The number of nitrogens with zero attached hydrogens (tertiary/aromatic N) is 1. The van der Waals surface area contributed by atoms with Crippen molar-refractivity contribution in [2.45, 2.75) is 77.4 Å². The van der Waals surface area contributed by atoms with Gasteiger partial charge in [-0.15, -0.1) is 0 Å². The minimum Gasteiger partial charge on any atom is -0.378 e. The van der Waals surface area contributed by atoms with Gasteiger partial charge in [0.15, 0.2) is 8.45 Å². The zero-order valence-electron chi connectivity index (χ0n) is 16.7. The van der Waals surface area contributed by atoms with Crippen molar-refractivity contribution in [2.75, 3.05) is 19.7 Å². The molecule has 0 saturated carbocycles. The third-order valence-electron chi connectivity index (χ3n) is 3.91. The molecule has 0 amide bonds. The van der Waals surface area contributed by atoms with Crippen LogP contribution in [0.1, 0.15) is 42.4 Å². The Morgan fingerprint density at radius 3 is 2.68 bits per heavy atom. The number of likely N-dealkylation sites (N-methyl/N-ethyl adjacent to an activating group) is 1. The molecule has 2 unspecified atom stereocenters. The molecule has 2 radical (unpaired) electrons. The molecule has 0 bridgehead atoms. The van der Waals surface area contributed by atoms with Gasteiger partial charge in [0.05, 0.1) is 18.8 Å². The largest absolute Gasteiger partial charge is 0.378 e. The summed E-state index contributed by atoms with van der Waals surface area (Å²) in [6.45, 7) is 9.55. The van der Waals surface area contributed by atoms with E-state index in [-0.39, 0.29) is 25.6 Å². The number of carbonyl (C=O) groups is 1. The summed E-state index contributed by atoms with van der Waals surface area (Å²) in [5, 5.41) is 6.29. The van der Waals surface area contributed by atoms with Crippen LogP contribution in [0, 0.1) is 0 Å². The molecule has 1 saturated heterocycles. The van der Waals surface area contributed by atoms with Gasteiger partial charge in [-0.05, 0) is 34.2 Å². The van der Waals surface area contributed by atoms with Crippen LogP contribution < -0.4 is 10.4 Å². The quantitative estimate of drug-likeness (QED) is 0.234. The lowest BCUT2D eigenvalue weighted by Gasteiger charge is -2.37. The Hall–Kier alpha value is -0.105. The van der Waals surface area contributed by atoms with Crippen molar-refractivity contribution in [1.82, 2.24) is 15.1 Å². The second kappa shape index (κ2) is 11.6. The van der Waals surface area contributed by atoms with E-state index in [1.807, 2.05) is 0 Å². The van der Waals surface area contributed by atoms with Gasteiger partial charge in [0.25, 0.3) is 0 Å². The number of aldehydes is 1. The number of alkyl halides is 1. The Morgan fingerprint density at radius 2 is 2.12 bits per heavy atom. The van der Waals surface area contributed by atoms with Crippen LogP contribution in [0.25, 0.3) is 0 Å². The van der Waals surface area contributed by atoms with Gasteiger partial charge in [0.2, 0.25) is 0 Å². The molecule has 2 N–H and O–H groups in total. The minimum absolute atomic E-state index is 0.153. The molecular formula is C16H32BFN3O3P. The van der Waals surface area contributed by atoms with E-state index in [0.29, 0.717) is 19.5 Å². The Balaban J connectivity index is 2.74. The third kappa shape index (κ3) is 6.85.